The van der Waals surface area contributed by atoms with Crippen molar-refractivity contribution >= 4 is 10.2 Å². The second-order valence-electron chi connectivity index (χ2n) is 5.11. The molecule has 0 radical (unpaired) electrons. The first-order valence-corrected chi connectivity index (χ1v) is 6.49. The molecule has 14 heavy (non-hydrogen) atoms. The highest BCUT2D eigenvalue weighted by Gasteiger charge is 2.32. The summed E-state index contributed by atoms with van der Waals surface area (Å²) in [7, 11) is -3.49. The fraction of sp³-hybridized carbons (Fsp3) is 1.00. The zero-order valence-corrected chi connectivity index (χ0v) is 9.97. The molecule has 84 valence electrons. The lowest BCUT2D eigenvalue weighted by Gasteiger charge is -2.38. The van der Waals surface area contributed by atoms with Crippen LogP contribution in [-0.4, -0.2) is 25.8 Å². The van der Waals surface area contributed by atoms with E-state index in [4.69, 9.17) is 5.14 Å². The average Bonchev–Trinajstić information content (AvgIpc) is 2.01. The summed E-state index contributed by atoms with van der Waals surface area (Å²) in [5.41, 5.74) is 0.156. The molecule has 1 fully saturated rings. The number of piperidine rings is 1. The van der Waals surface area contributed by atoms with Gasteiger partial charge in [0.15, 0.2) is 0 Å². The quantitative estimate of drug-likeness (QED) is 0.715. The van der Waals surface area contributed by atoms with Crippen molar-refractivity contribution in [2.24, 2.45) is 16.5 Å². The van der Waals surface area contributed by atoms with Crippen molar-refractivity contribution in [1.29, 1.82) is 0 Å². The third-order valence-electron chi connectivity index (χ3n) is 2.97. The monoisotopic (exact) mass is 220 g/mol. The Labute approximate surface area is 86.6 Å². The Morgan fingerprint density at radius 1 is 1.36 bits per heavy atom. The molecule has 0 bridgehead atoms. The molecule has 0 spiro atoms. The van der Waals surface area contributed by atoms with Gasteiger partial charge in [0.25, 0.3) is 10.2 Å². The normalized spacial score (nSPS) is 26.4. The largest absolute Gasteiger partial charge is 0.276 e. The SMILES string of the molecule is CC(C)(C)C1CCCN(S(N)(=O)=O)C1. The first-order valence-electron chi connectivity index (χ1n) is 4.99. The van der Waals surface area contributed by atoms with E-state index in [2.05, 4.69) is 20.8 Å². The van der Waals surface area contributed by atoms with Crippen LogP contribution in [-0.2, 0) is 10.2 Å². The Morgan fingerprint density at radius 2 is 1.93 bits per heavy atom. The molecule has 1 unspecified atom stereocenters. The Kier molecular flexibility index (Phi) is 3.23. The lowest BCUT2D eigenvalue weighted by molar-refractivity contribution is 0.148. The predicted octanol–water partition coefficient (Wildman–Crippen LogP) is 0.948. The minimum absolute atomic E-state index is 0.156. The number of hydrogen-bond donors (Lipinski definition) is 1. The van der Waals surface area contributed by atoms with Crippen LogP contribution in [0.1, 0.15) is 33.6 Å². The van der Waals surface area contributed by atoms with Gasteiger partial charge in [0.2, 0.25) is 0 Å². The van der Waals surface area contributed by atoms with Gasteiger partial charge in [-0.05, 0) is 24.2 Å². The number of hydrogen-bond acceptors (Lipinski definition) is 2. The van der Waals surface area contributed by atoms with Crippen molar-refractivity contribution in [1.82, 2.24) is 4.31 Å². The van der Waals surface area contributed by atoms with Crippen LogP contribution in [0, 0.1) is 11.3 Å². The summed E-state index contributed by atoms with van der Waals surface area (Å²) < 4.78 is 23.7. The molecule has 0 aromatic carbocycles. The van der Waals surface area contributed by atoms with Gasteiger partial charge in [-0.3, -0.25) is 0 Å². The van der Waals surface area contributed by atoms with E-state index in [1.165, 1.54) is 4.31 Å². The second kappa shape index (κ2) is 3.79. The van der Waals surface area contributed by atoms with Gasteiger partial charge in [0.1, 0.15) is 0 Å². The molecule has 0 saturated carbocycles. The van der Waals surface area contributed by atoms with Gasteiger partial charge in [0.05, 0.1) is 0 Å². The van der Waals surface area contributed by atoms with Crippen molar-refractivity contribution in [2.75, 3.05) is 13.1 Å². The smallest absolute Gasteiger partial charge is 0.216 e. The summed E-state index contributed by atoms with van der Waals surface area (Å²) in [6.07, 6.45) is 2.01. The van der Waals surface area contributed by atoms with E-state index >= 15 is 0 Å². The molecule has 2 N–H and O–H groups in total. The van der Waals surface area contributed by atoms with Gasteiger partial charge in [-0.25, -0.2) is 5.14 Å². The number of nitrogens with zero attached hydrogens (tertiary/aromatic N) is 1. The molecule has 0 aliphatic carbocycles. The summed E-state index contributed by atoms with van der Waals surface area (Å²) in [5, 5.41) is 5.11. The van der Waals surface area contributed by atoms with Crippen molar-refractivity contribution < 1.29 is 8.42 Å². The van der Waals surface area contributed by atoms with Gasteiger partial charge >= 0.3 is 0 Å². The van der Waals surface area contributed by atoms with E-state index in [0.29, 0.717) is 19.0 Å². The molecular weight excluding hydrogens is 200 g/mol. The Hall–Kier alpha value is -0.130. The summed E-state index contributed by atoms with van der Waals surface area (Å²) >= 11 is 0. The molecule has 1 rings (SSSR count). The summed E-state index contributed by atoms with van der Waals surface area (Å²) in [6.45, 7) is 7.58. The molecule has 0 aromatic heterocycles. The molecule has 1 saturated heterocycles. The molecule has 0 aromatic rings. The maximum Gasteiger partial charge on any atom is 0.276 e. The van der Waals surface area contributed by atoms with Crippen molar-refractivity contribution in [2.45, 2.75) is 33.6 Å². The van der Waals surface area contributed by atoms with Gasteiger partial charge < -0.3 is 0 Å². The summed E-state index contributed by atoms with van der Waals surface area (Å²) in [4.78, 5) is 0. The maximum absolute atomic E-state index is 11.2. The molecule has 4 nitrogen and oxygen atoms in total. The first-order chi connectivity index (χ1) is 6.21. The number of rotatable bonds is 1. The minimum atomic E-state index is -3.49. The zero-order valence-electron chi connectivity index (χ0n) is 9.16. The topological polar surface area (TPSA) is 63.4 Å². The fourth-order valence-corrected chi connectivity index (χ4v) is 2.65. The molecule has 1 atom stereocenters. The summed E-state index contributed by atoms with van der Waals surface area (Å²) in [5.74, 6) is 0.412. The molecular formula is C9H20N2O2S. The van der Waals surface area contributed by atoms with Crippen molar-refractivity contribution in [3.63, 3.8) is 0 Å². The summed E-state index contributed by atoms with van der Waals surface area (Å²) in [6, 6.07) is 0. The van der Waals surface area contributed by atoms with Crippen LogP contribution in [0.3, 0.4) is 0 Å². The third kappa shape index (κ3) is 2.93. The Balaban J connectivity index is 2.71. The lowest BCUT2D eigenvalue weighted by Crippen LogP contribution is -2.46. The highest BCUT2D eigenvalue weighted by Crippen LogP contribution is 2.33. The molecule has 1 heterocycles. The van der Waals surface area contributed by atoms with Crippen LogP contribution in [0.5, 0.6) is 0 Å². The second-order valence-corrected chi connectivity index (χ2v) is 6.65. The Bertz CT molecular complexity index is 292. The van der Waals surface area contributed by atoms with E-state index < -0.39 is 10.2 Å². The van der Waals surface area contributed by atoms with Crippen LogP contribution in [0.2, 0.25) is 0 Å². The number of nitrogens with two attached hydrogens (primary N) is 1. The van der Waals surface area contributed by atoms with Crippen LogP contribution in [0.25, 0.3) is 0 Å². The van der Waals surface area contributed by atoms with Gasteiger partial charge in [-0.2, -0.15) is 12.7 Å². The minimum Gasteiger partial charge on any atom is -0.216 e. The van der Waals surface area contributed by atoms with E-state index in [9.17, 15) is 8.42 Å². The van der Waals surface area contributed by atoms with Crippen LogP contribution >= 0.6 is 0 Å². The standard InChI is InChI=1S/C9H20N2O2S/c1-9(2,3)8-5-4-6-11(7-8)14(10,12)13/h8H,4-7H2,1-3H3,(H2,10,12,13). The maximum atomic E-state index is 11.2. The molecule has 0 amide bonds. The average molecular weight is 220 g/mol. The first kappa shape index (κ1) is 11.9. The van der Waals surface area contributed by atoms with E-state index in [0.717, 1.165) is 12.8 Å². The van der Waals surface area contributed by atoms with E-state index in [-0.39, 0.29) is 5.41 Å². The zero-order chi connectivity index (χ0) is 11.0. The van der Waals surface area contributed by atoms with Crippen LogP contribution in [0.4, 0.5) is 0 Å². The van der Waals surface area contributed by atoms with E-state index in [1.54, 1.807) is 0 Å². The third-order valence-corrected chi connectivity index (χ3v) is 4.02. The van der Waals surface area contributed by atoms with Gasteiger partial charge in [-0.15, -0.1) is 0 Å². The lowest BCUT2D eigenvalue weighted by atomic mass is 9.77. The molecule has 1 aliphatic rings. The highest BCUT2D eigenvalue weighted by atomic mass is 32.2. The Morgan fingerprint density at radius 3 is 2.36 bits per heavy atom. The van der Waals surface area contributed by atoms with E-state index in [1.807, 2.05) is 0 Å². The molecule has 5 heteroatoms. The predicted molar refractivity (Wildman–Crippen MR) is 56.9 cm³/mol. The van der Waals surface area contributed by atoms with Crippen LogP contribution in [0.15, 0.2) is 0 Å². The van der Waals surface area contributed by atoms with Gasteiger partial charge in [-0.1, -0.05) is 20.8 Å². The molecule has 1 aliphatic heterocycles. The van der Waals surface area contributed by atoms with Crippen LogP contribution < -0.4 is 5.14 Å². The van der Waals surface area contributed by atoms with Crippen molar-refractivity contribution in [3.8, 4) is 0 Å². The fourth-order valence-electron chi connectivity index (χ4n) is 1.88. The van der Waals surface area contributed by atoms with Crippen molar-refractivity contribution in [3.05, 3.63) is 0 Å². The van der Waals surface area contributed by atoms with Gasteiger partial charge in [0, 0.05) is 13.1 Å². The highest BCUT2D eigenvalue weighted by molar-refractivity contribution is 7.86.